The molecule has 0 saturated heterocycles. The summed E-state index contributed by atoms with van der Waals surface area (Å²) in [6, 6.07) is 13.5. The highest BCUT2D eigenvalue weighted by Crippen LogP contribution is 2.26. The molecule has 2 N–H and O–H groups in total. The number of carbonyl (C=O) groups is 2. The van der Waals surface area contributed by atoms with Gasteiger partial charge in [-0.15, -0.1) is 0 Å². The van der Waals surface area contributed by atoms with Crippen LogP contribution in [0.25, 0.3) is 5.70 Å². The number of nitrogens with one attached hydrogen (secondary N) is 1. The molecule has 0 heterocycles. The molecule has 0 aliphatic heterocycles. The van der Waals surface area contributed by atoms with Crippen LogP contribution in [-0.2, 0) is 4.79 Å². The molecular formula is C16H11NO3. The lowest BCUT2D eigenvalue weighted by Crippen LogP contribution is -2.20. The van der Waals surface area contributed by atoms with Crippen molar-refractivity contribution in [2.75, 3.05) is 5.32 Å². The summed E-state index contributed by atoms with van der Waals surface area (Å²) in [5.74, 6) is -0.860. The van der Waals surface area contributed by atoms with Crippen molar-refractivity contribution in [1.82, 2.24) is 0 Å². The number of Topliss-reactive ketones (excluding diaryl/α,β-unsaturated/α-hetero) is 1. The zero-order valence-corrected chi connectivity index (χ0v) is 10.5. The van der Waals surface area contributed by atoms with Crippen molar-refractivity contribution in [2.24, 2.45) is 0 Å². The molecule has 0 atom stereocenters. The normalized spacial score (nSPS) is 13.7. The number of allylic oxidation sites excluding steroid dienone is 1. The molecule has 0 spiro atoms. The van der Waals surface area contributed by atoms with Gasteiger partial charge in [-0.25, -0.2) is 0 Å². The Morgan fingerprint density at radius 2 is 1.50 bits per heavy atom. The second-order valence-corrected chi connectivity index (χ2v) is 4.47. The fourth-order valence-electron chi connectivity index (χ4n) is 2.13. The van der Waals surface area contributed by atoms with Gasteiger partial charge in [0.05, 0.1) is 5.70 Å². The largest absolute Gasteiger partial charge is 0.508 e. The molecule has 2 aromatic rings. The van der Waals surface area contributed by atoms with Gasteiger partial charge in [-0.2, -0.15) is 0 Å². The van der Waals surface area contributed by atoms with Crippen LogP contribution < -0.4 is 5.32 Å². The predicted molar refractivity (Wildman–Crippen MR) is 75.5 cm³/mol. The van der Waals surface area contributed by atoms with E-state index < -0.39 is 11.6 Å². The van der Waals surface area contributed by atoms with E-state index >= 15 is 0 Å². The molecular weight excluding hydrogens is 254 g/mol. The number of fused-ring (bicyclic) bond motifs is 1. The number of carbonyl (C=O) groups excluding carboxylic acids is 2. The van der Waals surface area contributed by atoms with Crippen molar-refractivity contribution in [3.8, 4) is 5.75 Å². The fourth-order valence-corrected chi connectivity index (χ4v) is 2.13. The third-order valence-corrected chi connectivity index (χ3v) is 3.11. The first-order valence-corrected chi connectivity index (χ1v) is 6.11. The highest BCUT2D eigenvalue weighted by Gasteiger charge is 2.25. The molecule has 98 valence electrons. The summed E-state index contributed by atoms with van der Waals surface area (Å²) in [6.45, 7) is 0. The molecule has 0 aromatic heterocycles. The molecule has 1 aliphatic carbocycles. The summed E-state index contributed by atoms with van der Waals surface area (Å²) in [5.41, 5.74) is 2.41. The van der Waals surface area contributed by atoms with E-state index in [1.165, 1.54) is 6.08 Å². The minimum absolute atomic E-state index is 0.167. The highest BCUT2D eigenvalue weighted by molar-refractivity contribution is 6.50. The van der Waals surface area contributed by atoms with Crippen LogP contribution in [0.3, 0.4) is 0 Å². The van der Waals surface area contributed by atoms with Crippen LogP contribution in [0.4, 0.5) is 5.69 Å². The first-order valence-electron chi connectivity index (χ1n) is 6.11. The zero-order valence-electron chi connectivity index (χ0n) is 10.5. The van der Waals surface area contributed by atoms with E-state index in [0.29, 0.717) is 16.8 Å². The summed E-state index contributed by atoms with van der Waals surface area (Å²) < 4.78 is 0. The van der Waals surface area contributed by atoms with Crippen LogP contribution >= 0.6 is 0 Å². The molecule has 2 aromatic carbocycles. The molecule has 0 radical (unpaired) electrons. The van der Waals surface area contributed by atoms with Crippen LogP contribution in [0.1, 0.15) is 15.9 Å². The molecule has 1 aliphatic rings. The van der Waals surface area contributed by atoms with Gasteiger partial charge in [-0.1, -0.05) is 24.3 Å². The highest BCUT2D eigenvalue weighted by atomic mass is 16.3. The van der Waals surface area contributed by atoms with Crippen LogP contribution in [0.2, 0.25) is 0 Å². The Morgan fingerprint density at radius 3 is 2.20 bits per heavy atom. The number of hydrogen-bond donors (Lipinski definition) is 2. The third-order valence-electron chi connectivity index (χ3n) is 3.11. The van der Waals surface area contributed by atoms with Crippen LogP contribution in [0.5, 0.6) is 5.75 Å². The van der Waals surface area contributed by atoms with E-state index in [0.717, 1.165) is 5.69 Å². The van der Waals surface area contributed by atoms with E-state index in [4.69, 9.17) is 0 Å². The summed E-state index contributed by atoms with van der Waals surface area (Å²) in [5, 5.41) is 12.3. The van der Waals surface area contributed by atoms with Crippen molar-refractivity contribution in [3.63, 3.8) is 0 Å². The zero-order chi connectivity index (χ0) is 14.1. The Bertz CT molecular complexity index is 730. The fraction of sp³-hybridized carbons (Fsp3) is 0. The smallest absolute Gasteiger partial charge is 0.233 e. The lowest BCUT2D eigenvalue weighted by molar-refractivity contribution is -0.111. The quantitative estimate of drug-likeness (QED) is 0.647. The van der Waals surface area contributed by atoms with Gasteiger partial charge in [0, 0.05) is 22.9 Å². The number of hydrogen-bond acceptors (Lipinski definition) is 4. The molecule has 4 heteroatoms. The van der Waals surface area contributed by atoms with Gasteiger partial charge in [0.15, 0.2) is 0 Å². The third kappa shape index (κ3) is 2.07. The topological polar surface area (TPSA) is 66.4 Å². The standard InChI is InChI=1S/C16H11NO3/c18-11-7-5-10(6-8-11)17-14-9-15(19)16(20)13-4-2-1-3-12(13)14/h1-9,17-18H. The summed E-state index contributed by atoms with van der Waals surface area (Å²) >= 11 is 0. The lowest BCUT2D eigenvalue weighted by Gasteiger charge is -2.17. The average Bonchev–Trinajstić information content (AvgIpc) is 2.47. The molecule has 0 unspecified atom stereocenters. The molecule has 0 amide bonds. The molecule has 0 saturated carbocycles. The second kappa shape index (κ2) is 4.66. The van der Waals surface area contributed by atoms with Crippen LogP contribution in [0.15, 0.2) is 54.6 Å². The number of benzene rings is 2. The maximum atomic E-state index is 11.8. The minimum Gasteiger partial charge on any atom is -0.508 e. The lowest BCUT2D eigenvalue weighted by atomic mass is 9.92. The number of phenolic OH excluding ortho intramolecular Hbond substituents is 1. The first kappa shape index (κ1) is 12.2. The van der Waals surface area contributed by atoms with Gasteiger partial charge in [-0.3, -0.25) is 9.59 Å². The summed E-state index contributed by atoms with van der Waals surface area (Å²) in [6.07, 6.45) is 1.30. The van der Waals surface area contributed by atoms with Crippen molar-refractivity contribution >= 4 is 23.0 Å². The van der Waals surface area contributed by atoms with Gasteiger partial charge in [0.25, 0.3) is 0 Å². The van der Waals surface area contributed by atoms with Gasteiger partial charge >= 0.3 is 0 Å². The Morgan fingerprint density at radius 1 is 0.850 bits per heavy atom. The van der Waals surface area contributed by atoms with Crippen molar-refractivity contribution in [2.45, 2.75) is 0 Å². The number of ketones is 2. The molecule has 0 bridgehead atoms. The van der Waals surface area contributed by atoms with E-state index in [2.05, 4.69) is 5.32 Å². The first-order chi connectivity index (χ1) is 9.65. The van der Waals surface area contributed by atoms with Crippen molar-refractivity contribution in [1.29, 1.82) is 0 Å². The maximum Gasteiger partial charge on any atom is 0.233 e. The Labute approximate surface area is 115 Å². The van der Waals surface area contributed by atoms with E-state index in [1.54, 1.807) is 42.5 Å². The summed E-state index contributed by atoms with van der Waals surface area (Å²) in [4.78, 5) is 23.5. The van der Waals surface area contributed by atoms with Gasteiger partial charge in [-0.05, 0) is 24.3 Å². The summed E-state index contributed by atoms with van der Waals surface area (Å²) in [7, 11) is 0. The van der Waals surface area contributed by atoms with E-state index in [1.807, 2.05) is 6.07 Å². The Kier molecular flexibility index (Phi) is 2.84. The number of anilines is 1. The monoisotopic (exact) mass is 265 g/mol. The van der Waals surface area contributed by atoms with Crippen LogP contribution in [0, 0.1) is 0 Å². The number of phenols is 1. The molecule has 20 heavy (non-hydrogen) atoms. The Hall–Kier alpha value is -2.88. The second-order valence-electron chi connectivity index (χ2n) is 4.47. The van der Waals surface area contributed by atoms with Crippen molar-refractivity contribution < 1.29 is 14.7 Å². The molecule has 4 nitrogen and oxygen atoms in total. The maximum absolute atomic E-state index is 11.8. The van der Waals surface area contributed by atoms with Crippen molar-refractivity contribution in [3.05, 3.63) is 65.7 Å². The predicted octanol–water partition coefficient (Wildman–Crippen LogP) is 2.61. The number of rotatable bonds is 2. The molecule has 3 rings (SSSR count). The van der Waals surface area contributed by atoms with Gasteiger partial charge in [0.2, 0.25) is 11.6 Å². The SMILES string of the molecule is O=C1C=C(Nc2ccc(O)cc2)c2ccccc2C1=O. The van der Waals surface area contributed by atoms with Crippen LogP contribution in [-0.4, -0.2) is 16.7 Å². The van der Waals surface area contributed by atoms with Gasteiger partial charge < -0.3 is 10.4 Å². The average molecular weight is 265 g/mol. The van der Waals surface area contributed by atoms with Gasteiger partial charge in [0.1, 0.15) is 5.75 Å². The Balaban J connectivity index is 2.01. The minimum atomic E-state index is -0.537. The van der Waals surface area contributed by atoms with E-state index in [-0.39, 0.29) is 5.75 Å². The number of aromatic hydroxyl groups is 1. The molecule has 0 fully saturated rings. The van der Waals surface area contributed by atoms with E-state index in [9.17, 15) is 14.7 Å².